The normalized spacial score (nSPS) is 20.2. The van der Waals surface area contributed by atoms with Gasteiger partial charge in [0.25, 0.3) is 11.5 Å². The zero-order valence-corrected chi connectivity index (χ0v) is 22.3. The summed E-state index contributed by atoms with van der Waals surface area (Å²) < 4.78 is 6.67. The van der Waals surface area contributed by atoms with Gasteiger partial charge in [0.15, 0.2) is 11.2 Å². The largest absolute Gasteiger partial charge is 0.376 e. The van der Waals surface area contributed by atoms with Gasteiger partial charge in [0.05, 0.1) is 35.3 Å². The maximum atomic E-state index is 13.4. The highest BCUT2D eigenvalue weighted by Gasteiger charge is 2.47. The molecule has 1 amide bonds. The van der Waals surface area contributed by atoms with Gasteiger partial charge in [0.1, 0.15) is 17.8 Å². The molecule has 0 aliphatic carbocycles. The number of benzene rings is 1. The summed E-state index contributed by atoms with van der Waals surface area (Å²) in [6, 6.07) is 6.03. The van der Waals surface area contributed by atoms with Gasteiger partial charge in [0.2, 0.25) is 0 Å². The number of nitrogens with zero attached hydrogens (tertiary/aromatic N) is 6. The number of hydrogen-bond acceptors (Lipinski definition) is 10. The van der Waals surface area contributed by atoms with Crippen LogP contribution in [0.15, 0.2) is 52.6 Å². The molecule has 13 nitrogen and oxygen atoms in total. The molecule has 2 atom stereocenters. The van der Waals surface area contributed by atoms with Gasteiger partial charge >= 0.3 is 5.69 Å². The van der Waals surface area contributed by atoms with E-state index in [0.29, 0.717) is 25.5 Å². The number of halogens is 1. The van der Waals surface area contributed by atoms with Crippen LogP contribution in [-0.2, 0) is 4.74 Å². The Balaban J connectivity index is 1.29. The topological polar surface area (TPSA) is 174 Å². The molecule has 3 aromatic heterocycles. The number of anilines is 2. The Morgan fingerprint density at radius 1 is 1.23 bits per heavy atom. The number of nitrogens with one attached hydrogen (secondary N) is 2. The lowest BCUT2D eigenvalue weighted by Gasteiger charge is -2.41. The molecule has 2 aliphatic rings. The van der Waals surface area contributed by atoms with Gasteiger partial charge in [0, 0.05) is 30.7 Å². The van der Waals surface area contributed by atoms with Crippen molar-refractivity contribution in [2.75, 3.05) is 29.9 Å². The van der Waals surface area contributed by atoms with E-state index in [1.54, 1.807) is 12.1 Å². The Labute approximate surface area is 232 Å². The molecule has 1 aromatic carbocycles. The fraction of sp³-hybridized carbons (Fsp3) is 0.346. The standard InChI is InChI=1S/C26H26ClN9O4/c1-14-21(28)26(12-40-14)6-9-35(10-7-26)18-11-30-20-22(33-18)34-25(39)36(24(20)38)17-4-2-3-15(19(17)27)32-23(37)16-5-8-29-13-31-16/h2-5,8,11,13-14,21H,6-7,9-10,12,28H2,1H3,(H,32,37)(H,33,34,39)/t14-,21+/m0/s1. The molecule has 1 spiro atoms. The molecule has 0 radical (unpaired) electrons. The second-order valence-electron chi connectivity index (χ2n) is 10.1. The fourth-order valence-corrected chi connectivity index (χ4v) is 5.66. The van der Waals surface area contributed by atoms with Crippen LogP contribution in [0.2, 0.25) is 5.02 Å². The van der Waals surface area contributed by atoms with E-state index >= 15 is 0 Å². The molecular formula is C26H26ClN9O4. The second kappa shape index (κ2) is 10.1. The maximum Gasteiger partial charge on any atom is 0.334 e. The summed E-state index contributed by atoms with van der Waals surface area (Å²) in [7, 11) is 0. The zero-order chi connectivity index (χ0) is 28.0. The Morgan fingerprint density at radius 3 is 2.73 bits per heavy atom. The van der Waals surface area contributed by atoms with Crippen LogP contribution in [0, 0.1) is 5.41 Å². The summed E-state index contributed by atoms with van der Waals surface area (Å²) in [5.41, 5.74) is 5.38. The molecule has 6 rings (SSSR count). The fourth-order valence-electron chi connectivity index (χ4n) is 5.40. The van der Waals surface area contributed by atoms with Crippen LogP contribution in [0.1, 0.15) is 30.3 Å². The summed E-state index contributed by atoms with van der Waals surface area (Å²) >= 11 is 6.55. The first kappa shape index (κ1) is 26.0. The predicted molar refractivity (Wildman–Crippen MR) is 148 cm³/mol. The van der Waals surface area contributed by atoms with Crippen molar-refractivity contribution in [1.29, 1.82) is 0 Å². The van der Waals surface area contributed by atoms with Crippen LogP contribution in [0.3, 0.4) is 0 Å². The zero-order valence-electron chi connectivity index (χ0n) is 21.5. The quantitative estimate of drug-likeness (QED) is 0.330. The van der Waals surface area contributed by atoms with E-state index in [1.165, 1.54) is 30.9 Å². The number of hydrogen-bond donors (Lipinski definition) is 3. The molecule has 0 saturated carbocycles. The minimum Gasteiger partial charge on any atom is -0.376 e. The number of fused-ring (bicyclic) bond motifs is 1. The van der Waals surface area contributed by atoms with Gasteiger partial charge in [-0.15, -0.1) is 0 Å². The first-order chi connectivity index (χ1) is 19.3. The van der Waals surface area contributed by atoms with Crippen LogP contribution in [0.25, 0.3) is 16.9 Å². The molecule has 206 valence electrons. The van der Waals surface area contributed by atoms with Crippen molar-refractivity contribution >= 4 is 40.2 Å². The highest BCUT2D eigenvalue weighted by Crippen LogP contribution is 2.41. The van der Waals surface area contributed by atoms with Gasteiger partial charge in [-0.2, -0.15) is 0 Å². The Kier molecular flexibility index (Phi) is 6.56. The number of piperidine rings is 1. The number of carbonyl (C=O) groups is 1. The number of aromatic nitrogens is 6. The van der Waals surface area contributed by atoms with E-state index in [2.05, 4.69) is 35.1 Å². The average molecular weight is 564 g/mol. The van der Waals surface area contributed by atoms with Gasteiger partial charge in [-0.25, -0.2) is 29.3 Å². The molecule has 0 unspecified atom stereocenters. The van der Waals surface area contributed by atoms with E-state index in [-0.39, 0.29) is 50.8 Å². The Bertz CT molecular complexity index is 1720. The van der Waals surface area contributed by atoms with Crippen molar-refractivity contribution in [3.63, 3.8) is 0 Å². The number of carbonyl (C=O) groups excluding carboxylic acids is 1. The van der Waals surface area contributed by atoms with E-state index in [9.17, 15) is 14.4 Å². The first-order valence-electron chi connectivity index (χ1n) is 12.8. The van der Waals surface area contributed by atoms with Crippen molar-refractivity contribution in [2.45, 2.75) is 31.9 Å². The van der Waals surface area contributed by atoms with Crippen LogP contribution in [-0.4, -0.2) is 67.2 Å². The van der Waals surface area contributed by atoms with Crippen LogP contribution >= 0.6 is 11.6 Å². The van der Waals surface area contributed by atoms with Crippen molar-refractivity contribution < 1.29 is 9.53 Å². The highest BCUT2D eigenvalue weighted by atomic mass is 35.5. The maximum absolute atomic E-state index is 13.4. The van der Waals surface area contributed by atoms with Crippen molar-refractivity contribution in [1.82, 2.24) is 29.5 Å². The van der Waals surface area contributed by atoms with E-state index in [1.807, 2.05) is 6.92 Å². The Hall–Kier alpha value is -4.20. The molecule has 14 heteroatoms. The third-order valence-electron chi connectivity index (χ3n) is 7.81. The number of aromatic amines is 1. The third kappa shape index (κ3) is 4.41. The monoisotopic (exact) mass is 563 g/mol. The van der Waals surface area contributed by atoms with Gasteiger partial charge in [-0.1, -0.05) is 17.7 Å². The molecule has 4 N–H and O–H groups in total. The SMILES string of the molecule is C[C@@H]1OCC2(CCN(c3cnc4c(=O)n(-c5cccc(NC(=O)c6ccncn6)c5Cl)c(=O)[nH]c4n3)CC2)[C@@H]1N. The molecule has 0 bridgehead atoms. The molecule has 4 aromatic rings. The van der Waals surface area contributed by atoms with Crippen molar-refractivity contribution in [3.05, 3.63) is 74.5 Å². The van der Waals surface area contributed by atoms with Gasteiger partial charge in [-0.05, 0) is 38.0 Å². The van der Waals surface area contributed by atoms with Gasteiger partial charge in [-0.3, -0.25) is 14.6 Å². The number of H-pyrrole nitrogens is 1. The third-order valence-corrected chi connectivity index (χ3v) is 8.20. The average Bonchev–Trinajstić information content (AvgIpc) is 3.23. The lowest BCUT2D eigenvalue weighted by Crippen LogP contribution is -2.50. The first-order valence-corrected chi connectivity index (χ1v) is 13.2. The molecule has 2 saturated heterocycles. The van der Waals surface area contributed by atoms with E-state index in [4.69, 9.17) is 22.1 Å². The lowest BCUT2D eigenvalue weighted by atomic mass is 9.73. The summed E-state index contributed by atoms with van der Waals surface area (Å²) in [5, 5.41) is 2.63. The number of rotatable bonds is 4. The molecular weight excluding hydrogens is 538 g/mol. The highest BCUT2D eigenvalue weighted by molar-refractivity contribution is 6.35. The number of nitrogens with two attached hydrogens (primary N) is 1. The summed E-state index contributed by atoms with van der Waals surface area (Å²) in [5.74, 6) is 0.0309. The second-order valence-corrected chi connectivity index (χ2v) is 10.5. The smallest absolute Gasteiger partial charge is 0.334 e. The number of ether oxygens (including phenoxy) is 1. The van der Waals surface area contributed by atoms with Crippen molar-refractivity contribution in [2.24, 2.45) is 11.1 Å². The molecule has 2 fully saturated rings. The minimum atomic E-state index is -0.745. The summed E-state index contributed by atoms with van der Waals surface area (Å²) in [6.07, 6.45) is 5.93. The molecule has 2 aliphatic heterocycles. The molecule has 40 heavy (non-hydrogen) atoms. The van der Waals surface area contributed by atoms with E-state index in [0.717, 1.165) is 17.4 Å². The Morgan fingerprint density at radius 2 is 2.02 bits per heavy atom. The molecule has 5 heterocycles. The van der Waals surface area contributed by atoms with Crippen LogP contribution in [0.4, 0.5) is 11.5 Å². The van der Waals surface area contributed by atoms with Gasteiger partial charge < -0.3 is 20.7 Å². The summed E-state index contributed by atoms with van der Waals surface area (Å²) in [4.78, 5) is 60.4. The van der Waals surface area contributed by atoms with Crippen LogP contribution < -0.4 is 27.2 Å². The van der Waals surface area contributed by atoms with E-state index < -0.39 is 17.2 Å². The predicted octanol–water partition coefficient (Wildman–Crippen LogP) is 1.50. The van der Waals surface area contributed by atoms with Crippen molar-refractivity contribution in [3.8, 4) is 5.69 Å². The number of amides is 1. The summed E-state index contributed by atoms with van der Waals surface area (Å²) in [6.45, 7) is 4.06. The lowest BCUT2D eigenvalue weighted by molar-refractivity contribution is 0.0974. The minimum absolute atomic E-state index is 0.00731. The van der Waals surface area contributed by atoms with Crippen LogP contribution in [0.5, 0.6) is 0 Å².